The van der Waals surface area contributed by atoms with E-state index in [1.165, 1.54) is 13.2 Å². The SMILES string of the molecule is COc1cc(S(=O)(=O)NCc2ccc(N)cc2Cl)ccc1F. The number of ether oxygens (including phenoxy) is 1. The third-order valence-electron chi connectivity index (χ3n) is 2.96. The first-order valence-corrected chi connectivity index (χ1v) is 8.06. The number of sulfonamides is 1. The number of nitrogen functional groups attached to an aromatic ring is 1. The van der Waals surface area contributed by atoms with E-state index in [2.05, 4.69) is 4.72 Å². The van der Waals surface area contributed by atoms with Crippen molar-refractivity contribution in [3.05, 3.63) is 52.8 Å². The minimum Gasteiger partial charge on any atom is -0.494 e. The van der Waals surface area contributed by atoms with E-state index in [-0.39, 0.29) is 17.2 Å². The zero-order valence-corrected chi connectivity index (χ0v) is 13.2. The van der Waals surface area contributed by atoms with Crippen molar-refractivity contribution in [1.29, 1.82) is 0 Å². The highest BCUT2D eigenvalue weighted by Crippen LogP contribution is 2.23. The predicted octanol–water partition coefficient (Wildman–Crippen LogP) is 2.55. The monoisotopic (exact) mass is 344 g/mol. The molecule has 2 rings (SSSR count). The molecule has 2 aromatic rings. The van der Waals surface area contributed by atoms with Gasteiger partial charge in [-0.1, -0.05) is 17.7 Å². The number of halogens is 2. The van der Waals surface area contributed by atoms with Gasteiger partial charge in [-0.3, -0.25) is 0 Å². The fraction of sp³-hybridized carbons (Fsp3) is 0.143. The van der Waals surface area contributed by atoms with Crippen LogP contribution in [0.2, 0.25) is 5.02 Å². The molecule has 118 valence electrons. The number of methoxy groups -OCH3 is 1. The van der Waals surface area contributed by atoms with Crippen LogP contribution in [0.25, 0.3) is 0 Å². The van der Waals surface area contributed by atoms with Crippen LogP contribution in [0.15, 0.2) is 41.3 Å². The number of benzene rings is 2. The first-order valence-electron chi connectivity index (χ1n) is 6.20. The van der Waals surface area contributed by atoms with E-state index in [9.17, 15) is 12.8 Å². The number of nitrogens with one attached hydrogen (secondary N) is 1. The van der Waals surface area contributed by atoms with E-state index in [1.54, 1.807) is 12.1 Å². The lowest BCUT2D eigenvalue weighted by Gasteiger charge is -2.10. The molecular formula is C14H14ClFN2O3S. The zero-order valence-electron chi connectivity index (χ0n) is 11.6. The van der Waals surface area contributed by atoms with Gasteiger partial charge in [0, 0.05) is 23.3 Å². The average Bonchev–Trinajstić information content (AvgIpc) is 2.46. The lowest BCUT2D eigenvalue weighted by molar-refractivity contribution is 0.385. The van der Waals surface area contributed by atoms with Gasteiger partial charge >= 0.3 is 0 Å². The van der Waals surface area contributed by atoms with Crippen molar-refractivity contribution in [1.82, 2.24) is 4.72 Å². The van der Waals surface area contributed by atoms with Gasteiger partial charge < -0.3 is 10.5 Å². The molecule has 0 bridgehead atoms. The number of nitrogens with two attached hydrogens (primary N) is 1. The van der Waals surface area contributed by atoms with Crippen molar-refractivity contribution >= 4 is 27.3 Å². The van der Waals surface area contributed by atoms with Crippen molar-refractivity contribution in [3.63, 3.8) is 0 Å². The third-order valence-corrected chi connectivity index (χ3v) is 4.71. The minimum absolute atomic E-state index is 0.0128. The second-order valence-electron chi connectivity index (χ2n) is 4.47. The fourth-order valence-electron chi connectivity index (χ4n) is 1.77. The van der Waals surface area contributed by atoms with Crippen LogP contribution < -0.4 is 15.2 Å². The maximum atomic E-state index is 13.3. The molecule has 8 heteroatoms. The highest BCUT2D eigenvalue weighted by Gasteiger charge is 2.17. The molecule has 0 aliphatic heterocycles. The lowest BCUT2D eigenvalue weighted by Crippen LogP contribution is -2.23. The summed E-state index contributed by atoms with van der Waals surface area (Å²) in [7, 11) is -2.56. The van der Waals surface area contributed by atoms with E-state index in [4.69, 9.17) is 22.1 Å². The van der Waals surface area contributed by atoms with Crippen molar-refractivity contribution in [2.45, 2.75) is 11.4 Å². The van der Waals surface area contributed by atoms with Gasteiger partial charge in [0.25, 0.3) is 0 Å². The molecule has 0 heterocycles. The maximum Gasteiger partial charge on any atom is 0.241 e. The van der Waals surface area contributed by atoms with Gasteiger partial charge in [-0.2, -0.15) is 0 Å². The standard InChI is InChI=1S/C14H14ClFN2O3S/c1-21-14-7-11(4-5-13(14)16)22(19,20)18-8-9-2-3-10(17)6-12(9)15/h2-7,18H,8,17H2,1H3. The molecule has 0 aromatic heterocycles. The Hall–Kier alpha value is -1.83. The smallest absolute Gasteiger partial charge is 0.241 e. The van der Waals surface area contributed by atoms with Crippen molar-refractivity contribution in [2.24, 2.45) is 0 Å². The average molecular weight is 345 g/mol. The van der Waals surface area contributed by atoms with Gasteiger partial charge in [0.05, 0.1) is 12.0 Å². The maximum absolute atomic E-state index is 13.3. The molecule has 3 N–H and O–H groups in total. The molecule has 0 spiro atoms. The highest BCUT2D eigenvalue weighted by molar-refractivity contribution is 7.89. The lowest BCUT2D eigenvalue weighted by atomic mass is 10.2. The minimum atomic E-state index is -3.82. The van der Waals surface area contributed by atoms with Crippen LogP contribution in [-0.2, 0) is 16.6 Å². The summed E-state index contributed by atoms with van der Waals surface area (Å²) in [4.78, 5) is -0.0997. The molecule has 0 radical (unpaired) electrons. The van der Waals surface area contributed by atoms with Gasteiger partial charge in [0.2, 0.25) is 10.0 Å². The summed E-state index contributed by atoms with van der Waals surface area (Å²) in [6.45, 7) is -0.0128. The number of hydrogen-bond donors (Lipinski definition) is 2. The molecule has 0 unspecified atom stereocenters. The largest absolute Gasteiger partial charge is 0.494 e. The number of rotatable bonds is 5. The Kier molecular flexibility index (Phi) is 4.90. The Balaban J connectivity index is 2.21. The first kappa shape index (κ1) is 16.5. The second kappa shape index (κ2) is 6.51. The Labute approximate surface area is 132 Å². The van der Waals surface area contributed by atoms with E-state index in [1.807, 2.05) is 0 Å². The van der Waals surface area contributed by atoms with Crippen molar-refractivity contribution in [2.75, 3.05) is 12.8 Å². The van der Waals surface area contributed by atoms with E-state index in [0.717, 1.165) is 18.2 Å². The summed E-state index contributed by atoms with van der Waals surface area (Å²) in [5, 5.41) is 0.361. The molecule has 0 saturated carbocycles. The molecule has 0 atom stereocenters. The van der Waals surface area contributed by atoms with Crippen LogP contribution in [0.1, 0.15) is 5.56 Å². The molecule has 0 saturated heterocycles. The molecule has 22 heavy (non-hydrogen) atoms. The molecule has 0 amide bonds. The molecular weight excluding hydrogens is 331 g/mol. The molecule has 0 aliphatic rings. The van der Waals surface area contributed by atoms with Crippen molar-refractivity contribution in [3.8, 4) is 5.75 Å². The number of hydrogen-bond acceptors (Lipinski definition) is 4. The summed E-state index contributed by atoms with van der Waals surface area (Å²) in [6.07, 6.45) is 0. The quantitative estimate of drug-likeness (QED) is 0.817. The number of anilines is 1. The zero-order chi connectivity index (χ0) is 16.3. The van der Waals surface area contributed by atoms with Crippen LogP contribution >= 0.6 is 11.6 Å². The second-order valence-corrected chi connectivity index (χ2v) is 6.65. The van der Waals surface area contributed by atoms with E-state index in [0.29, 0.717) is 16.3 Å². The molecule has 5 nitrogen and oxygen atoms in total. The molecule has 0 fully saturated rings. The molecule has 2 aromatic carbocycles. The summed E-state index contributed by atoms with van der Waals surface area (Å²) in [6, 6.07) is 8.09. The predicted molar refractivity (Wildman–Crippen MR) is 82.8 cm³/mol. The van der Waals surface area contributed by atoms with Crippen LogP contribution in [0.4, 0.5) is 10.1 Å². The van der Waals surface area contributed by atoms with Gasteiger partial charge in [-0.25, -0.2) is 17.5 Å². The third kappa shape index (κ3) is 3.68. The van der Waals surface area contributed by atoms with Gasteiger partial charge in [-0.05, 0) is 29.8 Å². The Morgan fingerprint density at radius 2 is 2.00 bits per heavy atom. The van der Waals surface area contributed by atoms with Crippen LogP contribution in [0.3, 0.4) is 0 Å². The van der Waals surface area contributed by atoms with Crippen molar-refractivity contribution < 1.29 is 17.5 Å². The Bertz CT molecular complexity index is 797. The summed E-state index contributed by atoms with van der Waals surface area (Å²) < 4.78 is 44.9. The summed E-state index contributed by atoms with van der Waals surface area (Å²) in [5.74, 6) is -0.781. The highest BCUT2D eigenvalue weighted by atomic mass is 35.5. The first-order chi connectivity index (χ1) is 10.3. The van der Waals surface area contributed by atoms with Gasteiger partial charge in [-0.15, -0.1) is 0 Å². The molecule has 0 aliphatic carbocycles. The van der Waals surface area contributed by atoms with Crippen LogP contribution in [0.5, 0.6) is 5.75 Å². The van der Waals surface area contributed by atoms with E-state index < -0.39 is 15.8 Å². The summed E-state index contributed by atoms with van der Waals surface area (Å²) >= 11 is 5.99. The van der Waals surface area contributed by atoms with Crippen LogP contribution in [0, 0.1) is 5.82 Å². The Morgan fingerprint density at radius 3 is 2.64 bits per heavy atom. The van der Waals surface area contributed by atoms with Gasteiger partial charge in [0.15, 0.2) is 11.6 Å². The van der Waals surface area contributed by atoms with Crippen LogP contribution in [-0.4, -0.2) is 15.5 Å². The summed E-state index contributed by atoms with van der Waals surface area (Å²) in [5.41, 5.74) is 6.64. The van der Waals surface area contributed by atoms with Gasteiger partial charge in [0.1, 0.15) is 0 Å². The van der Waals surface area contributed by atoms with E-state index >= 15 is 0 Å². The topological polar surface area (TPSA) is 81.4 Å². The normalized spacial score (nSPS) is 11.4. The fourth-order valence-corrected chi connectivity index (χ4v) is 3.05. The Morgan fingerprint density at radius 1 is 1.27 bits per heavy atom.